The van der Waals surface area contributed by atoms with Crippen LogP contribution in [0.2, 0.25) is 0 Å². The summed E-state index contributed by atoms with van der Waals surface area (Å²) in [5, 5.41) is 9.34. The van der Waals surface area contributed by atoms with E-state index in [0.29, 0.717) is 24.8 Å². The standard InChI is InChI=1S/C14H23NO3/c1-4-10(3)14(18)13(17)9-7-6-8-11(15)12(16)5-2/h4-5,11,16H,6-9,15H2,1-3H3. The third kappa shape index (κ3) is 5.77. The molecule has 0 fully saturated rings. The molecule has 0 aliphatic rings. The largest absolute Gasteiger partial charge is 0.511 e. The monoisotopic (exact) mass is 253 g/mol. The van der Waals surface area contributed by atoms with Crippen molar-refractivity contribution < 1.29 is 14.7 Å². The maximum Gasteiger partial charge on any atom is 0.223 e. The Labute approximate surface area is 109 Å². The third-order valence-corrected chi connectivity index (χ3v) is 2.89. The molecule has 4 nitrogen and oxygen atoms in total. The molecule has 1 atom stereocenters. The number of Topliss-reactive ketones (excluding diaryl/α,β-unsaturated/α-hetero) is 2. The molecule has 0 saturated heterocycles. The van der Waals surface area contributed by atoms with Gasteiger partial charge in [0.15, 0.2) is 0 Å². The highest BCUT2D eigenvalue weighted by Gasteiger charge is 2.14. The van der Waals surface area contributed by atoms with Crippen LogP contribution in [0.3, 0.4) is 0 Å². The molecular weight excluding hydrogens is 230 g/mol. The predicted molar refractivity (Wildman–Crippen MR) is 72.3 cm³/mol. The van der Waals surface area contributed by atoms with Crippen molar-refractivity contribution >= 4 is 11.6 Å². The Morgan fingerprint density at radius 3 is 2.33 bits per heavy atom. The van der Waals surface area contributed by atoms with E-state index in [1.165, 1.54) is 0 Å². The van der Waals surface area contributed by atoms with E-state index in [0.717, 1.165) is 0 Å². The first-order valence-electron chi connectivity index (χ1n) is 6.25. The van der Waals surface area contributed by atoms with Gasteiger partial charge in [0.25, 0.3) is 0 Å². The van der Waals surface area contributed by atoms with Gasteiger partial charge in [0.1, 0.15) is 5.76 Å². The summed E-state index contributed by atoms with van der Waals surface area (Å²) >= 11 is 0. The fourth-order valence-corrected chi connectivity index (χ4v) is 1.48. The van der Waals surface area contributed by atoms with E-state index in [4.69, 9.17) is 5.73 Å². The molecule has 0 saturated carbocycles. The van der Waals surface area contributed by atoms with Crippen molar-refractivity contribution in [2.45, 2.75) is 52.5 Å². The molecule has 0 bridgehead atoms. The van der Waals surface area contributed by atoms with Crippen LogP contribution in [0.25, 0.3) is 0 Å². The number of unbranched alkanes of at least 4 members (excludes halogenated alkanes) is 1. The van der Waals surface area contributed by atoms with Crippen LogP contribution in [-0.4, -0.2) is 22.7 Å². The molecule has 18 heavy (non-hydrogen) atoms. The second kappa shape index (κ2) is 8.64. The second-order valence-corrected chi connectivity index (χ2v) is 4.29. The van der Waals surface area contributed by atoms with Gasteiger partial charge in [0.05, 0.1) is 6.04 Å². The molecule has 102 valence electrons. The Bertz CT molecular complexity index is 356. The van der Waals surface area contributed by atoms with Gasteiger partial charge >= 0.3 is 0 Å². The molecule has 4 heteroatoms. The molecule has 0 aromatic rings. The molecule has 0 radical (unpaired) electrons. The van der Waals surface area contributed by atoms with Crippen molar-refractivity contribution in [3.63, 3.8) is 0 Å². The van der Waals surface area contributed by atoms with Crippen LogP contribution in [0, 0.1) is 0 Å². The second-order valence-electron chi connectivity index (χ2n) is 4.29. The van der Waals surface area contributed by atoms with Crippen molar-refractivity contribution in [3.05, 3.63) is 23.5 Å². The highest BCUT2D eigenvalue weighted by molar-refractivity contribution is 6.43. The number of hydrogen-bond donors (Lipinski definition) is 2. The average Bonchev–Trinajstić information content (AvgIpc) is 2.39. The number of nitrogens with two attached hydrogens (primary N) is 1. The van der Waals surface area contributed by atoms with Crippen molar-refractivity contribution in [2.24, 2.45) is 5.73 Å². The highest BCUT2D eigenvalue weighted by Crippen LogP contribution is 2.09. The van der Waals surface area contributed by atoms with Gasteiger partial charge in [-0.15, -0.1) is 0 Å². The molecule has 0 aromatic carbocycles. The zero-order chi connectivity index (χ0) is 14.1. The van der Waals surface area contributed by atoms with Crippen LogP contribution in [0.5, 0.6) is 0 Å². The van der Waals surface area contributed by atoms with Crippen molar-refractivity contribution in [1.82, 2.24) is 0 Å². The lowest BCUT2D eigenvalue weighted by Gasteiger charge is -2.09. The maximum absolute atomic E-state index is 11.5. The average molecular weight is 253 g/mol. The Kier molecular flexibility index (Phi) is 7.96. The number of carbonyl (C=O) groups is 2. The molecule has 0 heterocycles. The lowest BCUT2D eigenvalue weighted by molar-refractivity contribution is -0.134. The minimum Gasteiger partial charge on any atom is -0.511 e. The van der Waals surface area contributed by atoms with Gasteiger partial charge in [-0.2, -0.15) is 0 Å². The lowest BCUT2D eigenvalue weighted by atomic mass is 10.0. The van der Waals surface area contributed by atoms with E-state index < -0.39 is 5.78 Å². The van der Waals surface area contributed by atoms with Crippen LogP contribution in [0.1, 0.15) is 46.5 Å². The number of aliphatic hydroxyl groups excluding tert-OH is 1. The van der Waals surface area contributed by atoms with Crippen LogP contribution in [0.4, 0.5) is 0 Å². The van der Waals surface area contributed by atoms with E-state index in [1.807, 2.05) is 0 Å². The first kappa shape index (κ1) is 16.6. The molecule has 1 unspecified atom stereocenters. The first-order valence-corrected chi connectivity index (χ1v) is 6.25. The van der Waals surface area contributed by atoms with Crippen molar-refractivity contribution in [1.29, 1.82) is 0 Å². The number of ketones is 2. The maximum atomic E-state index is 11.5. The molecular formula is C14H23NO3. The Balaban J connectivity index is 3.93. The highest BCUT2D eigenvalue weighted by atomic mass is 16.3. The number of rotatable bonds is 8. The van der Waals surface area contributed by atoms with Crippen molar-refractivity contribution in [3.8, 4) is 0 Å². The van der Waals surface area contributed by atoms with E-state index in [9.17, 15) is 14.7 Å². The van der Waals surface area contributed by atoms with Gasteiger partial charge in [-0.1, -0.05) is 12.5 Å². The van der Waals surface area contributed by atoms with Gasteiger partial charge in [-0.25, -0.2) is 0 Å². The van der Waals surface area contributed by atoms with E-state index in [2.05, 4.69) is 0 Å². The molecule has 3 N–H and O–H groups in total. The van der Waals surface area contributed by atoms with Crippen LogP contribution >= 0.6 is 0 Å². The summed E-state index contributed by atoms with van der Waals surface area (Å²) < 4.78 is 0. The van der Waals surface area contributed by atoms with E-state index in [-0.39, 0.29) is 24.0 Å². The van der Waals surface area contributed by atoms with E-state index >= 15 is 0 Å². The Hall–Kier alpha value is -1.42. The number of carbonyl (C=O) groups excluding carboxylic acids is 2. The Morgan fingerprint density at radius 2 is 1.83 bits per heavy atom. The minimum absolute atomic E-state index is 0.169. The SMILES string of the molecule is CC=C(C)C(=O)C(=O)CCCCC(N)C(O)=CC. The smallest absolute Gasteiger partial charge is 0.223 e. The zero-order valence-electron chi connectivity index (χ0n) is 11.4. The summed E-state index contributed by atoms with van der Waals surface area (Å²) in [6, 6.07) is -0.377. The molecule has 0 aliphatic heterocycles. The molecule has 0 spiro atoms. The van der Waals surface area contributed by atoms with Gasteiger partial charge < -0.3 is 10.8 Å². The van der Waals surface area contributed by atoms with Gasteiger partial charge in [0, 0.05) is 6.42 Å². The quantitative estimate of drug-likeness (QED) is 0.301. The lowest BCUT2D eigenvalue weighted by Crippen LogP contribution is -2.22. The van der Waals surface area contributed by atoms with Crippen LogP contribution in [-0.2, 0) is 9.59 Å². The minimum atomic E-state index is -0.405. The fraction of sp³-hybridized carbons (Fsp3) is 0.571. The third-order valence-electron chi connectivity index (χ3n) is 2.89. The van der Waals surface area contributed by atoms with Crippen LogP contribution < -0.4 is 5.73 Å². The molecule has 0 rings (SSSR count). The van der Waals surface area contributed by atoms with Gasteiger partial charge in [-0.05, 0) is 45.3 Å². The van der Waals surface area contributed by atoms with Gasteiger partial charge in [0.2, 0.25) is 11.6 Å². The topological polar surface area (TPSA) is 80.4 Å². The molecule has 0 amide bonds. The van der Waals surface area contributed by atoms with Crippen molar-refractivity contribution in [2.75, 3.05) is 0 Å². The number of allylic oxidation sites excluding steroid dienone is 3. The summed E-state index contributed by atoms with van der Waals surface area (Å²) in [5.74, 6) is -0.588. The number of aliphatic hydroxyl groups is 1. The predicted octanol–water partition coefficient (Wildman–Crippen LogP) is 2.44. The van der Waals surface area contributed by atoms with Crippen LogP contribution in [0.15, 0.2) is 23.5 Å². The fourth-order valence-electron chi connectivity index (χ4n) is 1.48. The van der Waals surface area contributed by atoms with Gasteiger partial charge in [-0.3, -0.25) is 9.59 Å². The normalized spacial score (nSPS) is 14.4. The Morgan fingerprint density at radius 1 is 1.22 bits per heavy atom. The summed E-state index contributed by atoms with van der Waals surface area (Å²) in [6.45, 7) is 5.09. The summed E-state index contributed by atoms with van der Waals surface area (Å²) in [7, 11) is 0. The number of hydrogen-bond acceptors (Lipinski definition) is 4. The van der Waals surface area contributed by atoms with E-state index in [1.54, 1.807) is 32.9 Å². The summed E-state index contributed by atoms with van der Waals surface area (Å²) in [4.78, 5) is 23.0. The molecule has 0 aliphatic carbocycles. The summed E-state index contributed by atoms with van der Waals surface area (Å²) in [6.07, 6.45) is 5.39. The molecule has 0 aromatic heterocycles. The summed E-state index contributed by atoms with van der Waals surface area (Å²) in [5.41, 5.74) is 6.18. The zero-order valence-corrected chi connectivity index (χ0v) is 11.4. The first-order chi connectivity index (χ1) is 8.43.